The van der Waals surface area contributed by atoms with E-state index in [0.717, 1.165) is 34.2 Å². The van der Waals surface area contributed by atoms with Crippen molar-refractivity contribution in [2.75, 3.05) is 12.3 Å². The van der Waals surface area contributed by atoms with Gasteiger partial charge in [-0.25, -0.2) is 9.78 Å². The number of nitrogen functional groups attached to an aromatic ring is 1. The van der Waals surface area contributed by atoms with Crippen LogP contribution in [0.5, 0.6) is 0 Å². The lowest BCUT2D eigenvalue weighted by atomic mass is 9.78. The molecule has 1 heterocycles. The van der Waals surface area contributed by atoms with E-state index in [1.165, 1.54) is 11.3 Å². The second-order valence-electron chi connectivity index (χ2n) is 7.11. The molecule has 0 saturated carbocycles. The fourth-order valence-electron chi connectivity index (χ4n) is 3.73. The number of nitrogens with two attached hydrogens (primary N) is 1. The van der Waals surface area contributed by atoms with Crippen LogP contribution < -0.4 is 5.73 Å². The number of aromatic nitrogens is 1. The molecule has 0 spiro atoms. The molecule has 0 unspecified atom stereocenters. The van der Waals surface area contributed by atoms with Crippen LogP contribution in [-0.2, 0) is 20.0 Å². The number of carbonyl (C=O) groups excluding carboxylic acids is 1. The Labute approximate surface area is 196 Å². The topological polar surface area (TPSA) is 86.8 Å². The largest absolute Gasteiger partial charge is 0.462 e. The average Bonchev–Trinajstić information content (AvgIpc) is 3.29. The van der Waals surface area contributed by atoms with E-state index in [2.05, 4.69) is 10.1 Å². The molecule has 2 N–H and O–H groups in total. The molecule has 33 heavy (non-hydrogen) atoms. The maximum absolute atomic E-state index is 12.0. The third-order valence-electron chi connectivity index (χ3n) is 5.10. The maximum atomic E-state index is 12.0. The lowest BCUT2D eigenvalue weighted by Gasteiger charge is -2.34. The number of hydrogen-bond acceptors (Lipinski definition) is 7. The van der Waals surface area contributed by atoms with Gasteiger partial charge in [0.2, 0.25) is 5.60 Å². The molecule has 3 aromatic carbocycles. The Kier molecular flexibility index (Phi) is 6.80. The third kappa shape index (κ3) is 4.63. The first-order valence-corrected chi connectivity index (χ1v) is 11.3. The zero-order valence-corrected chi connectivity index (χ0v) is 18.9. The molecule has 0 aliphatic heterocycles. The van der Waals surface area contributed by atoms with Crippen molar-refractivity contribution in [2.45, 2.75) is 12.5 Å². The summed E-state index contributed by atoms with van der Waals surface area (Å²) < 4.78 is 4.98. The molecule has 1 aromatic heterocycles. The van der Waals surface area contributed by atoms with Gasteiger partial charge in [0.25, 0.3) is 0 Å². The standard InChI is InChI=1S/C26H23N3O3S/c1-2-31-24(30)17-28-32-26(19-11-5-3-6-12-19,20-13-7-4-8-14-20)22-16-10-9-15-21(22)23-18-33-25(27)29-23/h3-18H,2H2,1H3,(H2,27,29)/b28-17-. The van der Waals surface area contributed by atoms with Gasteiger partial charge in [0.05, 0.1) is 12.3 Å². The summed E-state index contributed by atoms with van der Waals surface area (Å²) in [6, 6.07) is 27.4. The average molecular weight is 458 g/mol. The predicted molar refractivity (Wildman–Crippen MR) is 131 cm³/mol. The molecule has 7 heteroatoms. The monoisotopic (exact) mass is 457 g/mol. The van der Waals surface area contributed by atoms with Crippen LogP contribution in [0.3, 0.4) is 0 Å². The van der Waals surface area contributed by atoms with Gasteiger partial charge >= 0.3 is 5.97 Å². The number of rotatable bonds is 8. The summed E-state index contributed by atoms with van der Waals surface area (Å²) in [6.07, 6.45) is 1.05. The number of nitrogens with zero attached hydrogens (tertiary/aromatic N) is 2. The molecule has 0 radical (unpaired) electrons. The van der Waals surface area contributed by atoms with Crippen LogP contribution in [0.25, 0.3) is 11.3 Å². The van der Waals surface area contributed by atoms with Gasteiger partial charge in [-0.2, -0.15) is 0 Å². The molecule has 166 valence electrons. The van der Waals surface area contributed by atoms with Gasteiger partial charge in [0.1, 0.15) is 0 Å². The summed E-state index contributed by atoms with van der Waals surface area (Å²) >= 11 is 1.37. The van der Waals surface area contributed by atoms with Crippen LogP contribution >= 0.6 is 11.3 Å². The quantitative estimate of drug-likeness (QED) is 0.169. The van der Waals surface area contributed by atoms with Crippen molar-refractivity contribution in [1.82, 2.24) is 4.98 Å². The molecule has 0 aliphatic rings. The number of carbonyl (C=O) groups is 1. The van der Waals surface area contributed by atoms with Crippen molar-refractivity contribution < 1.29 is 14.4 Å². The SMILES string of the molecule is CCOC(=O)/C=N\OC(c1ccccc1)(c1ccccc1)c1ccccc1-c1csc(N)n1. The van der Waals surface area contributed by atoms with Crippen LogP contribution in [0.15, 0.2) is 95.5 Å². The molecule has 4 aromatic rings. The van der Waals surface area contributed by atoms with E-state index in [1.54, 1.807) is 6.92 Å². The zero-order chi connectivity index (χ0) is 23.1. The van der Waals surface area contributed by atoms with E-state index in [4.69, 9.17) is 15.3 Å². The van der Waals surface area contributed by atoms with E-state index in [1.807, 2.05) is 90.3 Å². The molecule has 0 fully saturated rings. The highest BCUT2D eigenvalue weighted by atomic mass is 32.1. The van der Waals surface area contributed by atoms with Crippen molar-refractivity contribution in [3.63, 3.8) is 0 Å². The lowest BCUT2D eigenvalue weighted by molar-refractivity contribution is -0.134. The van der Waals surface area contributed by atoms with Crippen LogP contribution in [0.1, 0.15) is 23.6 Å². The van der Waals surface area contributed by atoms with E-state index < -0.39 is 11.6 Å². The fraction of sp³-hybridized carbons (Fsp3) is 0.115. The Bertz CT molecular complexity index is 1200. The summed E-state index contributed by atoms with van der Waals surface area (Å²) in [4.78, 5) is 22.7. The van der Waals surface area contributed by atoms with Crippen LogP contribution in [0.4, 0.5) is 5.13 Å². The normalized spacial score (nSPS) is 11.4. The number of ether oxygens (including phenoxy) is 1. The van der Waals surface area contributed by atoms with Gasteiger partial charge in [-0.15, -0.1) is 11.3 Å². The highest BCUT2D eigenvalue weighted by Gasteiger charge is 2.41. The van der Waals surface area contributed by atoms with Crippen LogP contribution in [0, 0.1) is 0 Å². The summed E-state index contributed by atoms with van der Waals surface area (Å²) in [6.45, 7) is 1.99. The first kappa shape index (κ1) is 22.2. The van der Waals surface area contributed by atoms with Gasteiger partial charge in [-0.05, 0) is 6.92 Å². The zero-order valence-electron chi connectivity index (χ0n) is 18.0. The molecule has 0 aliphatic carbocycles. The molecule has 4 rings (SSSR count). The summed E-state index contributed by atoms with van der Waals surface area (Å²) in [7, 11) is 0. The first-order valence-electron chi connectivity index (χ1n) is 10.5. The summed E-state index contributed by atoms with van der Waals surface area (Å²) in [5.41, 5.74) is 8.86. The second kappa shape index (κ2) is 10.1. The van der Waals surface area contributed by atoms with E-state index in [-0.39, 0.29) is 6.61 Å². The Morgan fingerprint density at radius 2 is 1.61 bits per heavy atom. The van der Waals surface area contributed by atoms with Crippen molar-refractivity contribution in [2.24, 2.45) is 5.16 Å². The Hall–Kier alpha value is -3.97. The molecule has 0 atom stereocenters. The van der Waals surface area contributed by atoms with Gasteiger partial charge in [-0.1, -0.05) is 90.1 Å². The van der Waals surface area contributed by atoms with Crippen LogP contribution in [-0.4, -0.2) is 23.8 Å². The lowest BCUT2D eigenvalue weighted by Crippen LogP contribution is -2.32. The van der Waals surface area contributed by atoms with Gasteiger partial charge in [-0.3, -0.25) is 0 Å². The van der Waals surface area contributed by atoms with E-state index in [9.17, 15) is 4.79 Å². The highest BCUT2D eigenvalue weighted by Crippen LogP contribution is 2.44. The highest BCUT2D eigenvalue weighted by molar-refractivity contribution is 7.13. The maximum Gasteiger partial charge on any atom is 0.352 e. The van der Waals surface area contributed by atoms with Gasteiger partial charge in [0, 0.05) is 27.6 Å². The van der Waals surface area contributed by atoms with Gasteiger partial charge in [0.15, 0.2) is 11.3 Å². The molecule has 6 nitrogen and oxygen atoms in total. The van der Waals surface area contributed by atoms with Crippen molar-refractivity contribution in [3.8, 4) is 11.3 Å². The van der Waals surface area contributed by atoms with Crippen molar-refractivity contribution in [3.05, 3.63) is 107 Å². The molecule has 0 saturated heterocycles. The third-order valence-corrected chi connectivity index (χ3v) is 5.77. The molecular formula is C26H23N3O3S. The van der Waals surface area contributed by atoms with Crippen molar-refractivity contribution >= 4 is 28.7 Å². The number of anilines is 1. The number of thiazole rings is 1. The summed E-state index contributed by atoms with van der Waals surface area (Å²) in [5.74, 6) is -0.576. The number of esters is 1. The predicted octanol–water partition coefficient (Wildman–Crippen LogP) is 5.25. The van der Waals surface area contributed by atoms with E-state index >= 15 is 0 Å². The first-order chi connectivity index (χ1) is 16.1. The number of oxime groups is 1. The second-order valence-corrected chi connectivity index (χ2v) is 8.00. The fourth-order valence-corrected chi connectivity index (χ4v) is 4.29. The Balaban J connectivity index is 1.98. The minimum absolute atomic E-state index is 0.251. The van der Waals surface area contributed by atoms with E-state index in [0.29, 0.717) is 5.13 Å². The minimum Gasteiger partial charge on any atom is -0.462 e. The minimum atomic E-state index is -1.17. The Morgan fingerprint density at radius 1 is 1.00 bits per heavy atom. The molecule has 0 amide bonds. The number of benzene rings is 3. The smallest absolute Gasteiger partial charge is 0.352 e. The van der Waals surface area contributed by atoms with Crippen molar-refractivity contribution in [1.29, 1.82) is 0 Å². The Morgan fingerprint density at radius 3 is 2.18 bits per heavy atom. The number of hydrogen-bond donors (Lipinski definition) is 1. The summed E-state index contributed by atoms with van der Waals surface area (Å²) in [5, 5.41) is 6.48. The molecular weight excluding hydrogens is 434 g/mol. The van der Waals surface area contributed by atoms with Crippen LogP contribution in [0.2, 0.25) is 0 Å². The van der Waals surface area contributed by atoms with Gasteiger partial charge < -0.3 is 15.3 Å². The molecule has 0 bridgehead atoms.